The zero-order valence-electron chi connectivity index (χ0n) is 6.60. The van der Waals surface area contributed by atoms with Gasteiger partial charge in [0.15, 0.2) is 0 Å². The highest BCUT2D eigenvalue weighted by Gasteiger charge is 1.87. The second-order valence-corrected chi connectivity index (χ2v) is 2.33. The topological polar surface area (TPSA) is 56.0 Å². The fourth-order valence-electron chi connectivity index (χ4n) is 0.770. The number of primary amides is 1. The Hall–Kier alpha value is -1.64. The van der Waals surface area contributed by atoms with Crippen LogP contribution in [0.15, 0.2) is 30.5 Å². The summed E-state index contributed by atoms with van der Waals surface area (Å²) in [5.74, 6) is -0.331. The second kappa shape index (κ2) is 4.28. The summed E-state index contributed by atoms with van der Waals surface area (Å²) < 4.78 is 0. The molecule has 0 aliphatic rings. The van der Waals surface area contributed by atoms with Crippen molar-refractivity contribution in [2.45, 2.75) is 6.42 Å². The number of pyridine rings is 1. The minimum absolute atomic E-state index is 0.260. The average molecular weight is 162 g/mol. The predicted octanol–water partition coefficient (Wildman–Crippen LogP) is 0.970. The van der Waals surface area contributed by atoms with Gasteiger partial charge in [-0.15, -0.1) is 0 Å². The van der Waals surface area contributed by atoms with Crippen LogP contribution in [0, 0.1) is 0 Å². The molecular weight excluding hydrogens is 152 g/mol. The summed E-state index contributed by atoms with van der Waals surface area (Å²) in [6, 6.07) is 5.58. The van der Waals surface area contributed by atoms with Gasteiger partial charge in [0.1, 0.15) is 0 Å². The van der Waals surface area contributed by atoms with Crippen LogP contribution in [0.25, 0.3) is 6.08 Å². The van der Waals surface area contributed by atoms with E-state index in [0.29, 0.717) is 0 Å². The van der Waals surface area contributed by atoms with E-state index in [2.05, 4.69) is 4.98 Å². The third-order valence-electron chi connectivity index (χ3n) is 1.30. The first kappa shape index (κ1) is 8.46. The maximum Gasteiger partial charge on any atom is 0.221 e. The lowest BCUT2D eigenvalue weighted by atomic mass is 10.3. The van der Waals surface area contributed by atoms with Crippen molar-refractivity contribution in [2.24, 2.45) is 5.73 Å². The van der Waals surface area contributed by atoms with Gasteiger partial charge in [-0.05, 0) is 18.2 Å². The second-order valence-electron chi connectivity index (χ2n) is 2.33. The summed E-state index contributed by atoms with van der Waals surface area (Å²) in [4.78, 5) is 14.4. The van der Waals surface area contributed by atoms with Crippen LogP contribution in [0.3, 0.4) is 0 Å². The van der Waals surface area contributed by atoms with Crippen LogP contribution < -0.4 is 5.73 Å². The fraction of sp³-hybridized carbons (Fsp3) is 0.111. The van der Waals surface area contributed by atoms with Crippen molar-refractivity contribution in [1.29, 1.82) is 0 Å². The van der Waals surface area contributed by atoms with Gasteiger partial charge in [0.2, 0.25) is 5.91 Å². The normalized spacial score (nSPS) is 10.3. The number of carbonyl (C=O) groups is 1. The Labute approximate surface area is 70.9 Å². The molecule has 1 aromatic rings. The van der Waals surface area contributed by atoms with E-state index in [0.717, 1.165) is 5.69 Å². The summed E-state index contributed by atoms with van der Waals surface area (Å²) in [5.41, 5.74) is 5.78. The lowest BCUT2D eigenvalue weighted by Crippen LogP contribution is -2.07. The lowest BCUT2D eigenvalue weighted by molar-refractivity contribution is -0.117. The van der Waals surface area contributed by atoms with Crippen molar-refractivity contribution in [3.8, 4) is 0 Å². The van der Waals surface area contributed by atoms with Crippen LogP contribution in [-0.2, 0) is 4.79 Å². The molecule has 0 atom stereocenters. The third-order valence-corrected chi connectivity index (χ3v) is 1.30. The Morgan fingerprint density at radius 2 is 2.42 bits per heavy atom. The first-order valence-electron chi connectivity index (χ1n) is 3.65. The van der Waals surface area contributed by atoms with Crippen molar-refractivity contribution in [1.82, 2.24) is 4.98 Å². The molecule has 12 heavy (non-hydrogen) atoms. The minimum atomic E-state index is -0.331. The lowest BCUT2D eigenvalue weighted by Gasteiger charge is -1.88. The maximum atomic E-state index is 10.3. The van der Waals surface area contributed by atoms with Gasteiger partial charge in [-0.2, -0.15) is 0 Å². The summed E-state index contributed by atoms with van der Waals surface area (Å²) in [5, 5.41) is 0. The third kappa shape index (κ3) is 2.96. The molecule has 62 valence electrons. The number of hydrogen-bond acceptors (Lipinski definition) is 2. The van der Waals surface area contributed by atoms with E-state index >= 15 is 0 Å². The zero-order valence-corrected chi connectivity index (χ0v) is 6.60. The smallest absolute Gasteiger partial charge is 0.221 e. The van der Waals surface area contributed by atoms with E-state index in [4.69, 9.17) is 5.73 Å². The number of carbonyl (C=O) groups excluding carboxylic acids is 1. The van der Waals surface area contributed by atoms with Crippen LogP contribution in [0.5, 0.6) is 0 Å². The molecule has 1 rings (SSSR count). The molecule has 1 aromatic heterocycles. The number of hydrogen-bond donors (Lipinski definition) is 1. The Morgan fingerprint density at radius 3 is 3.00 bits per heavy atom. The summed E-state index contributed by atoms with van der Waals surface area (Å²) >= 11 is 0. The highest BCUT2D eigenvalue weighted by atomic mass is 16.1. The SMILES string of the molecule is NC(=O)CC=Cc1ccccn1. The molecule has 0 aliphatic heterocycles. The zero-order chi connectivity index (χ0) is 8.81. The monoisotopic (exact) mass is 162 g/mol. The Bertz CT molecular complexity index is 280. The van der Waals surface area contributed by atoms with Gasteiger partial charge in [-0.3, -0.25) is 9.78 Å². The first-order valence-corrected chi connectivity index (χ1v) is 3.65. The number of nitrogens with two attached hydrogens (primary N) is 1. The van der Waals surface area contributed by atoms with E-state index in [-0.39, 0.29) is 12.3 Å². The van der Waals surface area contributed by atoms with Crippen LogP contribution >= 0.6 is 0 Å². The maximum absolute atomic E-state index is 10.3. The van der Waals surface area contributed by atoms with E-state index in [1.165, 1.54) is 0 Å². The first-order chi connectivity index (χ1) is 5.79. The number of nitrogens with zero attached hydrogens (tertiary/aromatic N) is 1. The number of amides is 1. The van der Waals surface area contributed by atoms with Gasteiger partial charge < -0.3 is 5.73 Å². The van der Waals surface area contributed by atoms with Crippen molar-refractivity contribution >= 4 is 12.0 Å². The van der Waals surface area contributed by atoms with Gasteiger partial charge in [-0.25, -0.2) is 0 Å². The summed E-state index contributed by atoms with van der Waals surface area (Å²) in [6.45, 7) is 0. The Balaban J connectivity index is 2.52. The Morgan fingerprint density at radius 1 is 1.58 bits per heavy atom. The van der Waals surface area contributed by atoms with Gasteiger partial charge in [0, 0.05) is 12.6 Å². The van der Waals surface area contributed by atoms with Crippen molar-refractivity contribution in [3.05, 3.63) is 36.2 Å². The molecule has 3 nitrogen and oxygen atoms in total. The molecule has 0 aliphatic carbocycles. The highest BCUT2D eigenvalue weighted by Crippen LogP contribution is 1.96. The molecule has 2 N–H and O–H groups in total. The molecule has 0 spiro atoms. The van der Waals surface area contributed by atoms with E-state index in [1.807, 2.05) is 18.2 Å². The molecule has 0 unspecified atom stereocenters. The molecule has 0 bridgehead atoms. The van der Waals surface area contributed by atoms with Gasteiger partial charge in [0.05, 0.1) is 5.69 Å². The van der Waals surface area contributed by atoms with Crippen LogP contribution in [-0.4, -0.2) is 10.9 Å². The van der Waals surface area contributed by atoms with Crippen molar-refractivity contribution < 1.29 is 4.79 Å². The fourth-order valence-corrected chi connectivity index (χ4v) is 0.770. The predicted molar refractivity (Wildman–Crippen MR) is 47.1 cm³/mol. The van der Waals surface area contributed by atoms with Gasteiger partial charge in [-0.1, -0.05) is 12.1 Å². The number of aromatic nitrogens is 1. The molecule has 1 amide bonds. The molecule has 0 saturated carbocycles. The van der Waals surface area contributed by atoms with Crippen molar-refractivity contribution in [2.75, 3.05) is 0 Å². The quantitative estimate of drug-likeness (QED) is 0.720. The summed E-state index contributed by atoms with van der Waals surface area (Å²) in [7, 11) is 0. The summed E-state index contributed by atoms with van der Waals surface area (Å²) in [6.07, 6.45) is 5.43. The largest absolute Gasteiger partial charge is 0.369 e. The van der Waals surface area contributed by atoms with E-state index in [9.17, 15) is 4.79 Å². The van der Waals surface area contributed by atoms with E-state index < -0.39 is 0 Å². The molecule has 0 aromatic carbocycles. The minimum Gasteiger partial charge on any atom is -0.369 e. The Kier molecular flexibility index (Phi) is 3.02. The van der Waals surface area contributed by atoms with Crippen LogP contribution in [0.2, 0.25) is 0 Å². The van der Waals surface area contributed by atoms with Crippen molar-refractivity contribution in [3.63, 3.8) is 0 Å². The molecule has 0 saturated heterocycles. The molecular formula is C9H10N2O. The highest BCUT2D eigenvalue weighted by molar-refractivity contribution is 5.76. The van der Waals surface area contributed by atoms with E-state index in [1.54, 1.807) is 18.3 Å². The van der Waals surface area contributed by atoms with Crippen LogP contribution in [0.1, 0.15) is 12.1 Å². The standard InChI is InChI=1S/C9H10N2O/c10-9(12)6-3-5-8-4-1-2-7-11-8/h1-5,7H,6H2,(H2,10,12). The van der Waals surface area contributed by atoms with Gasteiger partial charge in [0.25, 0.3) is 0 Å². The van der Waals surface area contributed by atoms with Gasteiger partial charge >= 0.3 is 0 Å². The molecule has 0 fully saturated rings. The molecule has 3 heteroatoms. The average Bonchev–Trinajstić information content (AvgIpc) is 2.05. The molecule has 1 heterocycles. The number of rotatable bonds is 3. The molecule has 0 radical (unpaired) electrons. The van der Waals surface area contributed by atoms with Crippen LogP contribution in [0.4, 0.5) is 0 Å².